The number of carbonyl (C=O) groups excluding carboxylic acids is 1. The van der Waals surface area contributed by atoms with Crippen LogP contribution in [0.2, 0.25) is 0 Å². The van der Waals surface area contributed by atoms with Gasteiger partial charge in [0.15, 0.2) is 5.96 Å². The molecule has 0 bridgehead atoms. The van der Waals surface area contributed by atoms with Crippen molar-refractivity contribution in [1.29, 1.82) is 0 Å². The van der Waals surface area contributed by atoms with Crippen LogP contribution in [0.5, 0.6) is 0 Å². The highest BCUT2D eigenvalue weighted by Gasteiger charge is 2.20. The predicted molar refractivity (Wildman–Crippen MR) is 65.4 cm³/mol. The Kier molecular flexibility index (Phi) is 4.58. The highest BCUT2D eigenvalue weighted by Crippen LogP contribution is 2.11. The average Bonchev–Trinajstić information content (AvgIpc) is 2.24. The van der Waals surface area contributed by atoms with E-state index in [0.29, 0.717) is 13.1 Å². The van der Waals surface area contributed by atoms with Gasteiger partial charge in [0.2, 0.25) is 5.91 Å². The Morgan fingerprint density at radius 1 is 1.44 bits per heavy atom. The maximum atomic E-state index is 11.5. The SMILES string of the molecule is CC(C)(C)C(=O)NCCNC1=NCCCN1. The second kappa shape index (κ2) is 5.72. The fourth-order valence-corrected chi connectivity index (χ4v) is 1.27. The number of hydrogen-bond acceptors (Lipinski definition) is 4. The molecule has 0 unspecified atom stereocenters. The van der Waals surface area contributed by atoms with Crippen LogP contribution in [-0.2, 0) is 4.79 Å². The number of hydrogen-bond donors (Lipinski definition) is 3. The molecule has 0 spiro atoms. The van der Waals surface area contributed by atoms with Crippen molar-refractivity contribution in [3.8, 4) is 0 Å². The minimum atomic E-state index is -0.319. The van der Waals surface area contributed by atoms with E-state index < -0.39 is 0 Å². The van der Waals surface area contributed by atoms with Crippen molar-refractivity contribution in [2.24, 2.45) is 10.4 Å². The highest BCUT2D eigenvalue weighted by atomic mass is 16.2. The molecule has 0 aliphatic carbocycles. The molecule has 0 radical (unpaired) electrons. The number of nitrogens with zero attached hydrogens (tertiary/aromatic N) is 1. The number of amides is 1. The standard InChI is InChI=1S/C11H22N4O/c1-11(2,3)9(16)12-7-8-15-10-13-5-4-6-14-10/h4-8H2,1-3H3,(H,12,16)(H2,13,14,15). The lowest BCUT2D eigenvalue weighted by Crippen LogP contribution is -2.45. The molecule has 5 nitrogen and oxygen atoms in total. The molecular weight excluding hydrogens is 204 g/mol. The molecule has 0 saturated carbocycles. The van der Waals surface area contributed by atoms with E-state index in [1.165, 1.54) is 0 Å². The van der Waals surface area contributed by atoms with Crippen molar-refractivity contribution < 1.29 is 4.79 Å². The van der Waals surface area contributed by atoms with E-state index in [9.17, 15) is 4.79 Å². The molecule has 0 aromatic heterocycles. The van der Waals surface area contributed by atoms with E-state index in [4.69, 9.17) is 0 Å². The molecule has 0 aromatic rings. The summed E-state index contributed by atoms with van der Waals surface area (Å²) in [5, 5.41) is 9.19. The zero-order chi connectivity index (χ0) is 12.0. The summed E-state index contributed by atoms with van der Waals surface area (Å²) in [6, 6.07) is 0. The quantitative estimate of drug-likeness (QED) is 0.597. The zero-order valence-corrected chi connectivity index (χ0v) is 10.4. The minimum absolute atomic E-state index is 0.0767. The molecule has 0 atom stereocenters. The summed E-state index contributed by atoms with van der Waals surface area (Å²) in [6.07, 6.45) is 1.09. The van der Waals surface area contributed by atoms with Crippen LogP contribution in [0, 0.1) is 5.41 Å². The number of aliphatic imine (C=N–C) groups is 1. The highest BCUT2D eigenvalue weighted by molar-refractivity contribution is 5.82. The molecule has 1 aliphatic heterocycles. The Balaban J connectivity index is 2.12. The van der Waals surface area contributed by atoms with Crippen LogP contribution in [0.15, 0.2) is 4.99 Å². The predicted octanol–water partition coefficient (Wildman–Crippen LogP) is 0.0876. The van der Waals surface area contributed by atoms with Crippen LogP contribution >= 0.6 is 0 Å². The van der Waals surface area contributed by atoms with Gasteiger partial charge in [-0.2, -0.15) is 0 Å². The molecule has 0 fully saturated rings. The van der Waals surface area contributed by atoms with E-state index in [1.807, 2.05) is 20.8 Å². The molecule has 0 aromatic carbocycles. The van der Waals surface area contributed by atoms with Crippen LogP contribution in [0.3, 0.4) is 0 Å². The molecule has 1 heterocycles. The van der Waals surface area contributed by atoms with Crippen molar-refractivity contribution in [3.05, 3.63) is 0 Å². The van der Waals surface area contributed by atoms with E-state index >= 15 is 0 Å². The topological polar surface area (TPSA) is 65.5 Å². The van der Waals surface area contributed by atoms with Crippen molar-refractivity contribution >= 4 is 11.9 Å². The lowest BCUT2D eigenvalue weighted by atomic mass is 9.96. The third-order valence-corrected chi connectivity index (χ3v) is 2.28. The van der Waals surface area contributed by atoms with E-state index in [1.54, 1.807) is 0 Å². The first-order valence-corrected chi connectivity index (χ1v) is 5.80. The van der Waals surface area contributed by atoms with Crippen LogP contribution in [0.4, 0.5) is 0 Å². The van der Waals surface area contributed by atoms with Gasteiger partial charge in [-0.1, -0.05) is 20.8 Å². The average molecular weight is 226 g/mol. The monoisotopic (exact) mass is 226 g/mol. The van der Waals surface area contributed by atoms with E-state index in [0.717, 1.165) is 25.5 Å². The first-order chi connectivity index (χ1) is 7.50. The van der Waals surface area contributed by atoms with Gasteiger partial charge in [0.25, 0.3) is 0 Å². The molecule has 3 N–H and O–H groups in total. The summed E-state index contributed by atoms with van der Waals surface area (Å²) in [5.74, 6) is 0.920. The summed E-state index contributed by atoms with van der Waals surface area (Å²) in [6.45, 7) is 8.89. The van der Waals surface area contributed by atoms with Crippen molar-refractivity contribution in [2.45, 2.75) is 27.2 Å². The summed E-state index contributed by atoms with van der Waals surface area (Å²) in [4.78, 5) is 15.8. The Bertz CT molecular complexity index is 268. The molecule has 1 rings (SSSR count). The summed E-state index contributed by atoms with van der Waals surface area (Å²) < 4.78 is 0. The van der Waals surface area contributed by atoms with Crippen molar-refractivity contribution in [3.63, 3.8) is 0 Å². The van der Waals surface area contributed by atoms with Crippen LogP contribution in [0.25, 0.3) is 0 Å². The Morgan fingerprint density at radius 3 is 2.75 bits per heavy atom. The first-order valence-electron chi connectivity index (χ1n) is 5.80. The van der Waals surface area contributed by atoms with Gasteiger partial charge in [0.1, 0.15) is 0 Å². The maximum Gasteiger partial charge on any atom is 0.225 e. The van der Waals surface area contributed by atoms with Gasteiger partial charge >= 0.3 is 0 Å². The van der Waals surface area contributed by atoms with E-state index in [2.05, 4.69) is 20.9 Å². The van der Waals surface area contributed by atoms with E-state index in [-0.39, 0.29) is 11.3 Å². The van der Waals surface area contributed by atoms with Gasteiger partial charge in [-0.15, -0.1) is 0 Å². The number of nitrogens with one attached hydrogen (secondary N) is 3. The number of guanidine groups is 1. The molecule has 92 valence electrons. The second-order valence-corrected chi connectivity index (χ2v) is 4.94. The lowest BCUT2D eigenvalue weighted by Gasteiger charge is -2.19. The van der Waals surface area contributed by atoms with Crippen LogP contribution in [-0.4, -0.2) is 38.0 Å². The van der Waals surface area contributed by atoms with Gasteiger partial charge in [0.05, 0.1) is 0 Å². The summed E-state index contributed by atoms with van der Waals surface area (Å²) in [5.41, 5.74) is -0.319. The summed E-state index contributed by atoms with van der Waals surface area (Å²) in [7, 11) is 0. The van der Waals surface area contributed by atoms with Gasteiger partial charge in [0, 0.05) is 31.6 Å². The Labute approximate surface area is 97.1 Å². The van der Waals surface area contributed by atoms with Gasteiger partial charge in [-0.3, -0.25) is 9.79 Å². The fourth-order valence-electron chi connectivity index (χ4n) is 1.27. The lowest BCUT2D eigenvalue weighted by molar-refractivity contribution is -0.128. The minimum Gasteiger partial charge on any atom is -0.356 e. The van der Waals surface area contributed by atoms with Crippen molar-refractivity contribution in [2.75, 3.05) is 26.2 Å². The van der Waals surface area contributed by atoms with Crippen molar-refractivity contribution in [1.82, 2.24) is 16.0 Å². The van der Waals surface area contributed by atoms with Gasteiger partial charge < -0.3 is 16.0 Å². The molecule has 1 amide bonds. The third kappa shape index (κ3) is 4.51. The largest absolute Gasteiger partial charge is 0.356 e. The first kappa shape index (κ1) is 12.8. The number of carbonyl (C=O) groups is 1. The maximum absolute atomic E-state index is 11.5. The zero-order valence-electron chi connectivity index (χ0n) is 10.4. The molecule has 5 heteroatoms. The third-order valence-electron chi connectivity index (χ3n) is 2.28. The molecule has 16 heavy (non-hydrogen) atoms. The van der Waals surface area contributed by atoms with Gasteiger partial charge in [-0.05, 0) is 6.42 Å². The van der Waals surface area contributed by atoms with Crippen LogP contribution in [0.1, 0.15) is 27.2 Å². The normalized spacial score (nSPS) is 16.1. The molecular formula is C11H22N4O. The fraction of sp³-hybridized carbons (Fsp3) is 0.818. The smallest absolute Gasteiger partial charge is 0.225 e. The van der Waals surface area contributed by atoms with Crippen LogP contribution < -0.4 is 16.0 Å². The Hall–Kier alpha value is -1.26. The summed E-state index contributed by atoms with van der Waals surface area (Å²) >= 11 is 0. The number of rotatable bonds is 3. The molecule has 1 aliphatic rings. The Morgan fingerprint density at radius 2 is 2.19 bits per heavy atom. The molecule has 0 saturated heterocycles. The second-order valence-electron chi connectivity index (χ2n) is 4.94. The van der Waals surface area contributed by atoms with Gasteiger partial charge in [-0.25, -0.2) is 0 Å².